The van der Waals surface area contributed by atoms with Gasteiger partial charge in [-0.1, -0.05) is 38.1 Å². The Balaban J connectivity index is 2.37. The molecule has 2 unspecified atom stereocenters. The van der Waals surface area contributed by atoms with E-state index in [1.165, 1.54) is 18.2 Å². The monoisotopic (exact) mass is 603 g/mol. The molecule has 2 aromatic carbocycles. The molecule has 0 saturated heterocycles. The van der Waals surface area contributed by atoms with Crippen LogP contribution in [0.15, 0.2) is 48.5 Å². The first-order valence-electron chi connectivity index (χ1n) is 13.9. The highest BCUT2D eigenvalue weighted by Crippen LogP contribution is 2.35. The standard InChI is InChI=1S/C31H41NO11/c1-8-30(4,5)42-28(36)40-23-16-15-20(18-24(23)41-29(37)43-31(6,7)9-2)22(25(32)26(33)34)17-19(3)38-27(35)39-21-13-11-10-12-14-21/h10-16,18-19,22,25H,8-9,17,32H2,1-7H3,(H,33,34)/t19?,22?,25-/m0/s1. The number of hydrogen-bond donors (Lipinski definition) is 2. The molecule has 0 aromatic heterocycles. The minimum absolute atomic E-state index is 0.0446. The van der Waals surface area contributed by atoms with Gasteiger partial charge in [0.15, 0.2) is 11.5 Å². The minimum atomic E-state index is -1.45. The smallest absolute Gasteiger partial charge is 0.480 e. The third-order valence-electron chi connectivity index (χ3n) is 6.75. The van der Waals surface area contributed by atoms with E-state index in [2.05, 4.69) is 0 Å². The van der Waals surface area contributed by atoms with Gasteiger partial charge in [0.05, 0.1) is 0 Å². The number of nitrogens with two attached hydrogens (primary N) is 1. The third-order valence-corrected chi connectivity index (χ3v) is 6.75. The van der Waals surface area contributed by atoms with E-state index in [1.54, 1.807) is 65.0 Å². The highest BCUT2D eigenvalue weighted by Gasteiger charge is 2.31. The number of ether oxygens (including phenoxy) is 6. The summed E-state index contributed by atoms with van der Waals surface area (Å²) in [6.45, 7) is 12.0. The minimum Gasteiger partial charge on any atom is -0.480 e. The third kappa shape index (κ3) is 11.5. The molecule has 0 fully saturated rings. The van der Waals surface area contributed by atoms with Gasteiger partial charge in [-0.2, -0.15) is 0 Å². The van der Waals surface area contributed by atoms with Crippen molar-refractivity contribution in [2.24, 2.45) is 5.73 Å². The van der Waals surface area contributed by atoms with Gasteiger partial charge >= 0.3 is 24.4 Å². The summed E-state index contributed by atoms with van der Waals surface area (Å²) < 4.78 is 32.0. The Morgan fingerprint density at radius 3 is 1.84 bits per heavy atom. The van der Waals surface area contributed by atoms with E-state index in [-0.39, 0.29) is 23.7 Å². The zero-order valence-electron chi connectivity index (χ0n) is 25.6. The second-order valence-corrected chi connectivity index (χ2v) is 11.1. The molecule has 2 aromatic rings. The van der Waals surface area contributed by atoms with Crippen molar-refractivity contribution in [1.82, 2.24) is 0 Å². The Kier molecular flexibility index (Phi) is 12.4. The summed E-state index contributed by atoms with van der Waals surface area (Å²) in [6, 6.07) is 10.9. The normalized spacial score (nSPS) is 13.6. The fourth-order valence-electron chi connectivity index (χ4n) is 3.58. The quantitative estimate of drug-likeness (QED) is 0.143. The summed E-state index contributed by atoms with van der Waals surface area (Å²) in [5, 5.41) is 9.73. The maximum atomic E-state index is 12.7. The summed E-state index contributed by atoms with van der Waals surface area (Å²) >= 11 is 0. The fraction of sp³-hybridized carbons (Fsp3) is 0.484. The summed E-state index contributed by atoms with van der Waals surface area (Å²) in [6.07, 6.45) is -2.98. The Labute approximate surface area is 251 Å². The number of aliphatic carboxylic acids is 1. The van der Waals surface area contributed by atoms with E-state index >= 15 is 0 Å². The van der Waals surface area contributed by atoms with Crippen molar-refractivity contribution in [3.05, 3.63) is 54.1 Å². The number of carboxylic acid groups (broad SMARTS) is 1. The van der Waals surface area contributed by atoms with Crippen LogP contribution in [0.3, 0.4) is 0 Å². The first-order chi connectivity index (χ1) is 20.1. The number of carbonyl (C=O) groups is 4. The van der Waals surface area contributed by atoms with Crippen LogP contribution in [-0.4, -0.2) is 52.9 Å². The molecule has 3 atom stereocenters. The van der Waals surface area contributed by atoms with E-state index < -0.39 is 53.7 Å². The molecule has 0 aliphatic rings. The first-order valence-corrected chi connectivity index (χ1v) is 13.9. The first kappa shape index (κ1) is 34.9. The molecule has 3 N–H and O–H groups in total. The molecule has 0 radical (unpaired) electrons. The van der Waals surface area contributed by atoms with Crippen LogP contribution in [0.4, 0.5) is 14.4 Å². The van der Waals surface area contributed by atoms with Crippen molar-refractivity contribution >= 4 is 24.4 Å². The van der Waals surface area contributed by atoms with E-state index in [4.69, 9.17) is 34.2 Å². The lowest BCUT2D eigenvalue weighted by Crippen LogP contribution is -2.38. The summed E-state index contributed by atoms with van der Waals surface area (Å²) in [5.41, 5.74) is 4.67. The van der Waals surface area contributed by atoms with Gasteiger partial charge < -0.3 is 39.3 Å². The molecule has 0 aliphatic heterocycles. The van der Waals surface area contributed by atoms with Gasteiger partial charge in [0, 0.05) is 5.92 Å². The molecular weight excluding hydrogens is 562 g/mol. The van der Waals surface area contributed by atoms with Gasteiger partial charge in [-0.3, -0.25) is 4.79 Å². The molecule has 2 rings (SSSR count). The number of benzene rings is 2. The van der Waals surface area contributed by atoms with E-state index in [0.717, 1.165) is 0 Å². The van der Waals surface area contributed by atoms with Gasteiger partial charge in [0.25, 0.3) is 0 Å². The lowest BCUT2D eigenvalue weighted by atomic mass is 9.87. The highest BCUT2D eigenvalue weighted by molar-refractivity contribution is 5.75. The van der Waals surface area contributed by atoms with Crippen molar-refractivity contribution in [1.29, 1.82) is 0 Å². The number of hydrogen-bond acceptors (Lipinski definition) is 11. The van der Waals surface area contributed by atoms with Crippen LogP contribution in [-0.2, 0) is 19.0 Å². The van der Waals surface area contributed by atoms with Gasteiger partial charge in [0.2, 0.25) is 0 Å². The molecule has 0 aliphatic carbocycles. The van der Waals surface area contributed by atoms with Crippen LogP contribution in [0.2, 0.25) is 0 Å². The fourth-order valence-corrected chi connectivity index (χ4v) is 3.58. The van der Waals surface area contributed by atoms with E-state index in [1.807, 2.05) is 13.8 Å². The van der Waals surface area contributed by atoms with Gasteiger partial charge in [-0.05, 0) is 83.7 Å². The molecule has 0 bridgehead atoms. The highest BCUT2D eigenvalue weighted by atomic mass is 16.8. The predicted molar refractivity (Wildman–Crippen MR) is 155 cm³/mol. The molecular formula is C31H41NO11. The molecule has 12 heteroatoms. The van der Waals surface area contributed by atoms with Crippen molar-refractivity contribution in [2.45, 2.75) is 97.0 Å². The largest absolute Gasteiger partial charge is 0.514 e. The molecule has 0 amide bonds. The summed E-state index contributed by atoms with van der Waals surface area (Å²) in [7, 11) is 0. The maximum Gasteiger partial charge on any atom is 0.514 e. The van der Waals surface area contributed by atoms with Crippen LogP contribution in [0.5, 0.6) is 17.2 Å². The van der Waals surface area contributed by atoms with E-state index in [0.29, 0.717) is 18.4 Å². The number of rotatable bonds is 13. The summed E-state index contributed by atoms with van der Waals surface area (Å²) in [4.78, 5) is 49.4. The molecule has 0 heterocycles. The Bertz CT molecular complexity index is 1260. The number of para-hydroxylation sites is 1. The zero-order chi connectivity index (χ0) is 32.4. The maximum absolute atomic E-state index is 12.7. The molecule has 0 saturated carbocycles. The number of carbonyl (C=O) groups excluding carboxylic acids is 3. The van der Waals surface area contributed by atoms with Crippen molar-refractivity contribution in [3.63, 3.8) is 0 Å². The lowest BCUT2D eigenvalue weighted by Gasteiger charge is -2.26. The Hall–Kier alpha value is -4.32. The van der Waals surface area contributed by atoms with Gasteiger partial charge in [0.1, 0.15) is 29.1 Å². The van der Waals surface area contributed by atoms with Crippen LogP contribution in [0.1, 0.15) is 79.2 Å². The Morgan fingerprint density at radius 1 is 0.791 bits per heavy atom. The van der Waals surface area contributed by atoms with E-state index in [9.17, 15) is 24.3 Å². The van der Waals surface area contributed by atoms with Crippen molar-refractivity contribution < 1.29 is 52.7 Å². The van der Waals surface area contributed by atoms with Crippen molar-refractivity contribution in [2.75, 3.05) is 0 Å². The average Bonchev–Trinajstić information content (AvgIpc) is 2.92. The molecule has 236 valence electrons. The zero-order valence-corrected chi connectivity index (χ0v) is 25.6. The second-order valence-electron chi connectivity index (χ2n) is 11.1. The topological polar surface area (TPSA) is 170 Å². The SMILES string of the molecule is CCC(C)(C)OC(=O)Oc1ccc(C(CC(C)OC(=O)Oc2ccccc2)[C@H](N)C(=O)O)cc1OC(=O)OC(C)(C)CC. The van der Waals surface area contributed by atoms with Crippen LogP contribution in [0.25, 0.3) is 0 Å². The van der Waals surface area contributed by atoms with Crippen LogP contribution >= 0.6 is 0 Å². The van der Waals surface area contributed by atoms with Crippen molar-refractivity contribution in [3.8, 4) is 17.2 Å². The number of carboxylic acids is 1. The lowest BCUT2D eigenvalue weighted by molar-refractivity contribution is -0.139. The summed E-state index contributed by atoms with van der Waals surface area (Å²) in [5.74, 6) is -2.40. The molecule has 0 spiro atoms. The Morgan fingerprint density at radius 2 is 1.33 bits per heavy atom. The van der Waals surface area contributed by atoms with Gasteiger partial charge in [-0.25, -0.2) is 14.4 Å². The molecule has 12 nitrogen and oxygen atoms in total. The molecule has 43 heavy (non-hydrogen) atoms. The predicted octanol–water partition coefficient (Wildman–Crippen LogP) is 6.58. The average molecular weight is 604 g/mol. The second kappa shape index (κ2) is 15.2. The van der Waals surface area contributed by atoms with Gasteiger partial charge in [-0.15, -0.1) is 0 Å². The van der Waals surface area contributed by atoms with Crippen LogP contribution in [0, 0.1) is 0 Å². The van der Waals surface area contributed by atoms with Crippen LogP contribution < -0.4 is 19.9 Å².